The monoisotopic (exact) mass is 478 g/mol. The van der Waals surface area contributed by atoms with Gasteiger partial charge in [0.25, 0.3) is 5.91 Å². The Kier molecular flexibility index (Phi) is 7.54. The topological polar surface area (TPSA) is 71.8 Å². The minimum atomic E-state index is -0.677. The molecule has 1 aromatic heterocycles. The largest absolute Gasteiger partial charge is 0.481 e. The van der Waals surface area contributed by atoms with E-state index >= 15 is 0 Å². The van der Waals surface area contributed by atoms with Crippen LogP contribution in [0.2, 0.25) is 0 Å². The maximum atomic E-state index is 13.7. The third kappa shape index (κ3) is 5.56. The van der Waals surface area contributed by atoms with E-state index in [1.807, 2.05) is 43.9 Å². The van der Waals surface area contributed by atoms with Gasteiger partial charge in [-0.3, -0.25) is 9.59 Å². The molecule has 0 saturated heterocycles. The minimum absolute atomic E-state index is 0.0417. The quantitative estimate of drug-likeness (QED) is 0.493. The Morgan fingerprint density at radius 3 is 2.60 bits per heavy atom. The molecule has 6 nitrogen and oxygen atoms in total. The number of fused-ring (bicyclic) bond motifs is 1. The first-order valence-electron chi connectivity index (χ1n) is 12.0. The van der Waals surface area contributed by atoms with Crippen molar-refractivity contribution < 1.29 is 23.1 Å². The summed E-state index contributed by atoms with van der Waals surface area (Å²) in [5.74, 6) is 0.540. The molecule has 35 heavy (non-hydrogen) atoms. The van der Waals surface area contributed by atoms with Gasteiger partial charge >= 0.3 is 0 Å². The molecule has 184 valence electrons. The lowest BCUT2D eigenvalue weighted by molar-refractivity contribution is -0.136. The Morgan fingerprint density at radius 1 is 1.17 bits per heavy atom. The van der Waals surface area contributed by atoms with Crippen LogP contribution in [0.25, 0.3) is 0 Å². The summed E-state index contributed by atoms with van der Waals surface area (Å²) >= 11 is 0. The zero-order valence-electron chi connectivity index (χ0n) is 20.3. The number of carbonyl (C=O) groups excluding carboxylic acids is 2. The molecule has 2 aromatic carbocycles. The summed E-state index contributed by atoms with van der Waals surface area (Å²) in [6.45, 7) is 6.52. The van der Waals surface area contributed by atoms with Crippen molar-refractivity contribution >= 4 is 11.8 Å². The number of halogens is 1. The molecule has 2 atom stereocenters. The molecule has 2 heterocycles. The van der Waals surface area contributed by atoms with E-state index in [0.29, 0.717) is 30.9 Å². The summed E-state index contributed by atoms with van der Waals surface area (Å²) in [5.41, 5.74) is 2.87. The van der Waals surface area contributed by atoms with Crippen molar-refractivity contribution in [3.05, 3.63) is 89.1 Å². The number of nitrogens with one attached hydrogen (secondary N) is 1. The summed E-state index contributed by atoms with van der Waals surface area (Å²) in [5, 5.41) is 2.85. The number of benzene rings is 2. The van der Waals surface area contributed by atoms with Crippen LogP contribution in [0.3, 0.4) is 0 Å². The van der Waals surface area contributed by atoms with E-state index in [9.17, 15) is 14.0 Å². The molecule has 3 aromatic rings. The number of amides is 2. The van der Waals surface area contributed by atoms with Gasteiger partial charge in [-0.05, 0) is 65.9 Å². The molecular weight excluding hydrogens is 447 g/mol. The Bertz CT molecular complexity index is 1160. The fourth-order valence-electron chi connectivity index (χ4n) is 4.43. The molecule has 0 aliphatic carbocycles. The molecule has 0 spiro atoms. The summed E-state index contributed by atoms with van der Waals surface area (Å²) in [6, 6.07) is 15.3. The van der Waals surface area contributed by atoms with Gasteiger partial charge in [0, 0.05) is 12.5 Å². The van der Waals surface area contributed by atoms with Crippen molar-refractivity contribution in [2.45, 2.75) is 52.3 Å². The highest BCUT2D eigenvalue weighted by Crippen LogP contribution is 2.38. The first kappa shape index (κ1) is 24.5. The number of hydrogen-bond donors (Lipinski definition) is 1. The highest BCUT2D eigenvalue weighted by molar-refractivity contribution is 5.81. The average Bonchev–Trinajstić information content (AvgIpc) is 3.39. The van der Waals surface area contributed by atoms with Crippen molar-refractivity contribution in [3.8, 4) is 5.75 Å². The van der Waals surface area contributed by atoms with Crippen LogP contribution in [0.5, 0.6) is 5.75 Å². The lowest BCUT2D eigenvalue weighted by atomic mass is 9.87. The molecular formula is C28H31FN2O4. The highest BCUT2D eigenvalue weighted by atomic mass is 19.1. The fourth-order valence-corrected chi connectivity index (χ4v) is 4.43. The van der Waals surface area contributed by atoms with Crippen LogP contribution in [0.1, 0.15) is 55.7 Å². The SMILES string of the molecule is CCC(Oc1ccc2c(c1)C(c1ccc(F)cc1)N(C(=O)C(C)C)CC2)C(=O)NCc1ccco1. The van der Waals surface area contributed by atoms with Gasteiger partial charge in [0.2, 0.25) is 5.91 Å². The van der Waals surface area contributed by atoms with E-state index in [0.717, 1.165) is 16.7 Å². The van der Waals surface area contributed by atoms with Crippen molar-refractivity contribution in [1.82, 2.24) is 10.2 Å². The molecule has 2 amide bonds. The first-order valence-corrected chi connectivity index (χ1v) is 12.0. The zero-order valence-corrected chi connectivity index (χ0v) is 20.3. The van der Waals surface area contributed by atoms with Crippen LogP contribution in [0.15, 0.2) is 65.3 Å². The van der Waals surface area contributed by atoms with Gasteiger partial charge in [0.1, 0.15) is 17.3 Å². The molecule has 2 unspecified atom stereocenters. The molecule has 0 radical (unpaired) electrons. The number of furan rings is 1. The Morgan fingerprint density at radius 2 is 1.94 bits per heavy atom. The van der Waals surface area contributed by atoms with E-state index in [-0.39, 0.29) is 36.1 Å². The standard InChI is InChI=1S/C28H31FN2O4/c1-4-25(27(32)30-17-23-6-5-15-34-23)35-22-12-9-19-13-14-31(28(33)18(2)3)26(24(19)16-22)20-7-10-21(29)11-8-20/h5-12,15-16,18,25-26H,4,13-14,17H2,1-3H3,(H,30,32). The Labute approximate surface area is 205 Å². The fraction of sp³-hybridized carbons (Fsp3) is 0.357. The molecule has 7 heteroatoms. The average molecular weight is 479 g/mol. The molecule has 0 saturated carbocycles. The van der Waals surface area contributed by atoms with Crippen LogP contribution < -0.4 is 10.1 Å². The van der Waals surface area contributed by atoms with Gasteiger partial charge in [-0.15, -0.1) is 0 Å². The normalized spacial score (nSPS) is 16.0. The van der Waals surface area contributed by atoms with Crippen LogP contribution in [0, 0.1) is 11.7 Å². The summed E-state index contributed by atoms with van der Waals surface area (Å²) < 4.78 is 25.0. The van der Waals surface area contributed by atoms with E-state index in [1.165, 1.54) is 12.1 Å². The second kappa shape index (κ2) is 10.8. The van der Waals surface area contributed by atoms with Crippen LogP contribution >= 0.6 is 0 Å². The summed E-state index contributed by atoms with van der Waals surface area (Å²) in [7, 11) is 0. The predicted octanol–water partition coefficient (Wildman–Crippen LogP) is 5.02. The predicted molar refractivity (Wildman–Crippen MR) is 130 cm³/mol. The lowest BCUT2D eigenvalue weighted by Crippen LogP contribution is -2.42. The number of hydrogen-bond acceptors (Lipinski definition) is 4. The van der Waals surface area contributed by atoms with Crippen LogP contribution in [-0.2, 0) is 22.6 Å². The van der Waals surface area contributed by atoms with E-state index < -0.39 is 6.10 Å². The first-order chi connectivity index (χ1) is 16.9. The van der Waals surface area contributed by atoms with Gasteiger partial charge in [0.05, 0.1) is 18.8 Å². The number of rotatable bonds is 8. The molecule has 4 rings (SSSR count). The van der Waals surface area contributed by atoms with Gasteiger partial charge < -0.3 is 19.4 Å². The zero-order chi connectivity index (χ0) is 24.9. The second-order valence-corrected chi connectivity index (χ2v) is 9.06. The number of carbonyl (C=O) groups is 2. The number of nitrogens with zero attached hydrogens (tertiary/aromatic N) is 1. The summed E-state index contributed by atoms with van der Waals surface area (Å²) in [6.07, 6.45) is 2.09. The third-order valence-corrected chi connectivity index (χ3v) is 6.27. The van der Waals surface area contributed by atoms with Gasteiger partial charge in [0.15, 0.2) is 6.10 Å². The molecule has 1 N–H and O–H groups in total. The summed E-state index contributed by atoms with van der Waals surface area (Å²) in [4.78, 5) is 27.7. The van der Waals surface area contributed by atoms with Crippen LogP contribution in [-0.4, -0.2) is 29.4 Å². The maximum Gasteiger partial charge on any atom is 0.261 e. The maximum absolute atomic E-state index is 13.7. The smallest absolute Gasteiger partial charge is 0.261 e. The second-order valence-electron chi connectivity index (χ2n) is 9.06. The van der Waals surface area contributed by atoms with Gasteiger partial charge in [-0.1, -0.05) is 39.0 Å². The number of ether oxygens (including phenoxy) is 1. The van der Waals surface area contributed by atoms with Crippen molar-refractivity contribution in [3.63, 3.8) is 0 Å². The molecule has 0 fully saturated rings. The van der Waals surface area contributed by atoms with Crippen molar-refractivity contribution in [2.75, 3.05) is 6.54 Å². The van der Waals surface area contributed by atoms with E-state index in [4.69, 9.17) is 9.15 Å². The third-order valence-electron chi connectivity index (χ3n) is 6.27. The minimum Gasteiger partial charge on any atom is -0.481 e. The molecule has 1 aliphatic rings. The molecule has 1 aliphatic heterocycles. The Hall–Kier alpha value is -3.61. The van der Waals surface area contributed by atoms with Gasteiger partial charge in [-0.25, -0.2) is 4.39 Å². The Balaban J connectivity index is 1.60. The van der Waals surface area contributed by atoms with E-state index in [1.54, 1.807) is 30.5 Å². The van der Waals surface area contributed by atoms with Gasteiger partial charge in [-0.2, -0.15) is 0 Å². The van der Waals surface area contributed by atoms with E-state index in [2.05, 4.69) is 5.32 Å². The van der Waals surface area contributed by atoms with Crippen molar-refractivity contribution in [2.24, 2.45) is 5.92 Å². The van der Waals surface area contributed by atoms with Crippen LogP contribution in [0.4, 0.5) is 4.39 Å². The van der Waals surface area contributed by atoms with Crippen molar-refractivity contribution in [1.29, 1.82) is 0 Å². The highest BCUT2D eigenvalue weighted by Gasteiger charge is 2.33. The lowest BCUT2D eigenvalue weighted by Gasteiger charge is -2.39. The molecule has 0 bridgehead atoms.